The summed E-state index contributed by atoms with van der Waals surface area (Å²) in [5.74, 6) is 1.19. The van der Waals surface area contributed by atoms with Crippen molar-refractivity contribution >= 4 is 11.8 Å². The van der Waals surface area contributed by atoms with Gasteiger partial charge in [-0.2, -0.15) is 0 Å². The Morgan fingerprint density at radius 2 is 1.29 bits per heavy atom. The maximum atomic E-state index is 3.97. The van der Waals surface area contributed by atoms with Crippen molar-refractivity contribution in [2.75, 3.05) is 5.75 Å². The molecule has 1 atom stereocenters. The van der Waals surface area contributed by atoms with Crippen LogP contribution in [-0.4, -0.2) is 5.75 Å². The van der Waals surface area contributed by atoms with Crippen molar-refractivity contribution in [2.24, 2.45) is 0 Å². The highest BCUT2D eigenvalue weighted by molar-refractivity contribution is 7.99. The maximum Gasteiger partial charge on any atom is 0.0593 e. The van der Waals surface area contributed by atoms with Gasteiger partial charge in [-0.05, 0) is 46.1 Å². The minimum Gasteiger partial charge on any atom is -0.299 e. The minimum atomic E-state index is 0.290. The summed E-state index contributed by atoms with van der Waals surface area (Å²) in [4.78, 5) is 1.43. The van der Waals surface area contributed by atoms with E-state index in [2.05, 4.69) is 78.1 Å². The average Bonchev–Trinajstić information content (AvgIpc) is 2.97. The standard InChI is InChI=1S/C22H19NS/c1-3-9-17-15(7-1)16-8-2-4-10-18(16)22(17)23-20-13-14-24-21-12-6-5-11-19(20)21/h1-12,20,22-23H,13-14H2/t20-/m1/s1. The van der Waals surface area contributed by atoms with Crippen LogP contribution in [0.3, 0.4) is 0 Å². The molecule has 1 heterocycles. The van der Waals surface area contributed by atoms with Gasteiger partial charge in [0.1, 0.15) is 0 Å². The molecule has 118 valence electrons. The highest BCUT2D eigenvalue weighted by Gasteiger charge is 2.31. The molecule has 3 aromatic carbocycles. The number of hydrogen-bond donors (Lipinski definition) is 1. The molecule has 0 unspecified atom stereocenters. The van der Waals surface area contributed by atoms with Crippen molar-refractivity contribution in [1.29, 1.82) is 0 Å². The molecule has 2 aliphatic rings. The van der Waals surface area contributed by atoms with Crippen LogP contribution in [0.1, 0.15) is 35.2 Å². The molecule has 5 rings (SSSR count). The Bertz CT molecular complexity index is 856. The smallest absolute Gasteiger partial charge is 0.0593 e. The van der Waals surface area contributed by atoms with E-state index in [9.17, 15) is 0 Å². The largest absolute Gasteiger partial charge is 0.299 e. The van der Waals surface area contributed by atoms with E-state index in [1.165, 1.54) is 44.9 Å². The van der Waals surface area contributed by atoms with Crippen molar-refractivity contribution in [1.82, 2.24) is 5.32 Å². The van der Waals surface area contributed by atoms with E-state index in [1.54, 1.807) is 0 Å². The molecule has 0 aromatic heterocycles. The van der Waals surface area contributed by atoms with Crippen LogP contribution >= 0.6 is 11.8 Å². The molecule has 0 bridgehead atoms. The number of fused-ring (bicyclic) bond motifs is 4. The van der Waals surface area contributed by atoms with E-state index in [4.69, 9.17) is 0 Å². The minimum absolute atomic E-state index is 0.290. The van der Waals surface area contributed by atoms with Gasteiger partial charge in [-0.3, -0.25) is 5.32 Å². The number of rotatable bonds is 2. The first-order valence-corrected chi connectivity index (χ1v) is 9.56. The monoisotopic (exact) mass is 329 g/mol. The van der Waals surface area contributed by atoms with Crippen molar-refractivity contribution in [3.63, 3.8) is 0 Å². The van der Waals surface area contributed by atoms with Crippen LogP contribution < -0.4 is 5.32 Å². The molecule has 0 spiro atoms. The summed E-state index contributed by atoms with van der Waals surface area (Å²) in [6.07, 6.45) is 1.18. The fraction of sp³-hybridized carbons (Fsp3) is 0.182. The number of nitrogens with one attached hydrogen (secondary N) is 1. The zero-order chi connectivity index (χ0) is 15.9. The van der Waals surface area contributed by atoms with Crippen LogP contribution in [0.5, 0.6) is 0 Å². The molecule has 0 saturated carbocycles. The van der Waals surface area contributed by atoms with Crippen LogP contribution in [0.4, 0.5) is 0 Å². The van der Waals surface area contributed by atoms with Crippen molar-refractivity contribution in [2.45, 2.75) is 23.4 Å². The second kappa shape index (κ2) is 5.80. The summed E-state index contributed by atoms with van der Waals surface area (Å²) in [5, 5.41) is 3.97. The molecule has 1 aliphatic heterocycles. The summed E-state index contributed by atoms with van der Waals surface area (Å²) in [5.41, 5.74) is 7.03. The van der Waals surface area contributed by atoms with Crippen LogP contribution in [0.25, 0.3) is 11.1 Å². The van der Waals surface area contributed by atoms with Crippen LogP contribution in [0, 0.1) is 0 Å². The fourth-order valence-corrected chi connectivity index (χ4v) is 5.18. The second-order valence-electron chi connectivity index (χ2n) is 6.50. The van der Waals surface area contributed by atoms with Crippen LogP contribution in [0.15, 0.2) is 77.7 Å². The van der Waals surface area contributed by atoms with Gasteiger partial charge in [0, 0.05) is 10.9 Å². The van der Waals surface area contributed by atoms with E-state index in [0.717, 1.165) is 0 Å². The van der Waals surface area contributed by atoms with Gasteiger partial charge in [-0.15, -0.1) is 11.8 Å². The van der Waals surface area contributed by atoms with Crippen LogP contribution in [0.2, 0.25) is 0 Å². The van der Waals surface area contributed by atoms with E-state index >= 15 is 0 Å². The third-order valence-electron chi connectivity index (χ3n) is 5.16. The topological polar surface area (TPSA) is 12.0 Å². The van der Waals surface area contributed by atoms with Gasteiger partial charge in [0.2, 0.25) is 0 Å². The molecular weight excluding hydrogens is 310 g/mol. The van der Waals surface area contributed by atoms with E-state index < -0.39 is 0 Å². The first-order valence-electron chi connectivity index (χ1n) is 8.58. The molecule has 0 fully saturated rings. The van der Waals surface area contributed by atoms with Gasteiger partial charge in [-0.25, -0.2) is 0 Å². The SMILES string of the molecule is c1ccc2c(c1)SCC[C@H]2NC1c2ccccc2-c2ccccc21. The summed E-state index contributed by atoms with van der Waals surface area (Å²) in [6, 6.07) is 27.2. The third-order valence-corrected chi connectivity index (χ3v) is 6.28. The molecule has 0 radical (unpaired) electrons. The molecule has 24 heavy (non-hydrogen) atoms. The first kappa shape index (κ1) is 14.3. The lowest BCUT2D eigenvalue weighted by Crippen LogP contribution is -2.28. The zero-order valence-corrected chi connectivity index (χ0v) is 14.2. The van der Waals surface area contributed by atoms with E-state index in [1.807, 2.05) is 11.8 Å². The Kier molecular flexibility index (Phi) is 3.46. The lowest BCUT2D eigenvalue weighted by Gasteiger charge is -2.29. The summed E-state index contributed by atoms with van der Waals surface area (Å²) in [6.45, 7) is 0. The Labute approximate surface area is 147 Å². The van der Waals surface area contributed by atoms with Crippen molar-refractivity contribution in [3.8, 4) is 11.1 Å². The lowest BCUT2D eigenvalue weighted by atomic mass is 9.99. The number of benzene rings is 3. The Morgan fingerprint density at radius 1 is 0.708 bits per heavy atom. The van der Waals surface area contributed by atoms with Gasteiger partial charge in [-0.1, -0.05) is 66.7 Å². The van der Waals surface area contributed by atoms with E-state index in [0.29, 0.717) is 12.1 Å². The van der Waals surface area contributed by atoms with Crippen molar-refractivity contribution in [3.05, 3.63) is 89.5 Å². The molecule has 0 amide bonds. The Hall–Kier alpha value is -2.03. The van der Waals surface area contributed by atoms with Crippen LogP contribution in [-0.2, 0) is 0 Å². The van der Waals surface area contributed by atoms with Gasteiger partial charge < -0.3 is 0 Å². The lowest BCUT2D eigenvalue weighted by molar-refractivity contribution is 0.472. The quantitative estimate of drug-likeness (QED) is 0.658. The van der Waals surface area contributed by atoms with Gasteiger partial charge >= 0.3 is 0 Å². The summed E-state index contributed by atoms with van der Waals surface area (Å²) < 4.78 is 0. The Morgan fingerprint density at radius 3 is 2.00 bits per heavy atom. The number of thioether (sulfide) groups is 1. The summed E-state index contributed by atoms with van der Waals surface area (Å²) in [7, 11) is 0. The highest BCUT2D eigenvalue weighted by Crippen LogP contribution is 2.45. The number of hydrogen-bond acceptors (Lipinski definition) is 2. The predicted molar refractivity (Wildman–Crippen MR) is 101 cm³/mol. The molecular formula is C22H19NS. The first-order chi connectivity index (χ1) is 11.9. The molecule has 1 N–H and O–H groups in total. The zero-order valence-electron chi connectivity index (χ0n) is 13.4. The predicted octanol–water partition coefficient (Wildman–Crippen LogP) is 5.58. The Balaban J connectivity index is 1.57. The van der Waals surface area contributed by atoms with Gasteiger partial charge in [0.05, 0.1) is 6.04 Å². The molecule has 3 aromatic rings. The molecule has 2 heteroatoms. The van der Waals surface area contributed by atoms with Gasteiger partial charge in [0.25, 0.3) is 0 Å². The molecule has 0 saturated heterocycles. The van der Waals surface area contributed by atoms with Crippen molar-refractivity contribution < 1.29 is 0 Å². The highest BCUT2D eigenvalue weighted by atomic mass is 32.2. The third kappa shape index (κ3) is 2.21. The normalized spacial score (nSPS) is 18.8. The molecule has 1 aliphatic carbocycles. The fourth-order valence-electron chi connectivity index (χ4n) is 4.05. The van der Waals surface area contributed by atoms with E-state index in [-0.39, 0.29) is 0 Å². The maximum absolute atomic E-state index is 3.97. The van der Waals surface area contributed by atoms with Gasteiger partial charge in [0.15, 0.2) is 0 Å². The average molecular weight is 329 g/mol. The second-order valence-corrected chi connectivity index (χ2v) is 7.64. The summed E-state index contributed by atoms with van der Waals surface area (Å²) >= 11 is 1.98. The molecule has 1 nitrogen and oxygen atoms in total.